The third kappa shape index (κ3) is 5.78. The van der Waals surface area contributed by atoms with Gasteiger partial charge in [0.15, 0.2) is 0 Å². The molecule has 154 valence electrons. The Labute approximate surface area is 155 Å². The summed E-state index contributed by atoms with van der Waals surface area (Å²) < 4.78 is 91.3. The number of nitrogens with one attached hydrogen (secondary N) is 2. The lowest BCUT2D eigenvalue weighted by atomic mass is 9.86. The van der Waals surface area contributed by atoms with Gasteiger partial charge in [-0.25, -0.2) is 21.9 Å². The number of rotatable bonds is 6. The standard InChI is InChI=1S/C17H23F5N2O2S/c1-10(2)27(25,26)24-12-5-3-11(4-6-12)9-23-13-7-14(18)16(15(19)8-13)17(20,21)22/h7-8,10-12,23-24H,3-6,9H2,1-2H3. The number of halogens is 5. The van der Waals surface area contributed by atoms with E-state index in [1.54, 1.807) is 13.8 Å². The average molecular weight is 414 g/mol. The Hall–Kier alpha value is -1.42. The van der Waals surface area contributed by atoms with Crippen LogP contribution in [0.25, 0.3) is 0 Å². The van der Waals surface area contributed by atoms with Gasteiger partial charge in [-0.05, 0) is 57.6 Å². The highest BCUT2D eigenvalue weighted by Crippen LogP contribution is 2.35. The lowest BCUT2D eigenvalue weighted by Gasteiger charge is -2.29. The van der Waals surface area contributed by atoms with Crippen molar-refractivity contribution >= 4 is 15.7 Å². The van der Waals surface area contributed by atoms with E-state index in [-0.39, 0.29) is 17.6 Å². The zero-order valence-corrected chi connectivity index (χ0v) is 15.9. The molecule has 2 N–H and O–H groups in total. The van der Waals surface area contributed by atoms with Crippen molar-refractivity contribution in [3.05, 3.63) is 29.3 Å². The number of benzene rings is 1. The van der Waals surface area contributed by atoms with Crippen LogP contribution in [0.4, 0.5) is 27.6 Å². The van der Waals surface area contributed by atoms with Crippen molar-refractivity contribution in [1.29, 1.82) is 0 Å². The molecule has 1 aromatic rings. The van der Waals surface area contributed by atoms with Crippen LogP contribution in [-0.4, -0.2) is 26.3 Å². The molecule has 0 radical (unpaired) electrons. The van der Waals surface area contributed by atoms with Gasteiger partial charge in [0.1, 0.15) is 17.2 Å². The minimum atomic E-state index is -5.09. The summed E-state index contributed by atoms with van der Waals surface area (Å²) in [6.45, 7) is 3.54. The van der Waals surface area contributed by atoms with Gasteiger partial charge in [-0.1, -0.05) is 0 Å². The Balaban J connectivity index is 1.89. The molecule has 1 saturated carbocycles. The molecular formula is C17H23F5N2O2S. The lowest BCUT2D eigenvalue weighted by Crippen LogP contribution is -2.41. The smallest absolute Gasteiger partial charge is 0.385 e. The SMILES string of the molecule is CC(C)S(=O)(=O)NC1CCC(CNc2cc(F)c(C(F)(F)F)c(F)c2)CC1. The average Bonchev–Trinajstić information content (AvgIpc) is 2.51. The summed E-state index contributed by atoms with van der Waals surface area (Å²) in [7, 11) is -3.34. The molecule has 2 rings (SSSR count). The summed E-state index contributed by atoms with van der Waals surface area (Å²) in [5.41, 5.74) is -1.95. The van der Waals surface area contributed by atoms with Crippen molar-refractivity contribution < 1.29 is 30.4 Å². The maximum absolute atomic E-state index is 13.6. The van der Waals surface area contributed by atoms with Gasteiger partial charge >= 0.3 is 6.18 Å². The van der Waals surface area contributed by atoms with E-state index in [0.29, 0.717) is 44.4 Å². The van der Waals surface area contributed by atoms with Crippen LogP contribution in [0.2, 0.25) is 0 Å². The van der Waals surface area contributed by atoms with Crippen LogP contribution in [0.1, 0.15) is 45.1 Å². The molecule has 0 atom stereocenters. The highest BCUT2D eigenvalue weighted by atomic mass is 32.2. The first kappa shape index (κ1) is 21.9. The van der Waals surface area contributed by atoms with Crippen LogP contribution >= 0.6 is 0 Å². The van der Waals surface area contributed by atoms with E-state index in [9.17, 15) is 30.4 Å². The molecule has 1 aromatic carbocycles. The summed E-state index contributed by atoms with van der Waals surface area (Å²) in [5.74, 6) is -3.17. The topological polar surface area (TPSA) is 58.2 Å². The fourth-order valence-corrected chi connectivity index (χ4v) is 4.03. The van der Waals surface area contributed by atoms with E-state index >= 15 is 0 Å². The highest BCUT2D eigenvalue weighted by Gasteiger charge is 2.38. The molecule has 0 unspecified atom stereocenters. The van der Waals surface area contributed by atoms with Gasteiger partial charge in [0.2, 0.25) is 10.0 Å². The molecule has 1 aliphatic rings. The number of hydrogen-bond donors (Lipinski definition) is 2. The van der Waals surface area contributed by atoms with Crippen molar-refractivity contribution in [3.63, 3.8) is 0 Å². The molecule has 0 heterocycles. The Morgan fingerprint density at radius 3 is 2.04 bits per heavy atom. The molecule has 0 amide bonds. The van der Waals surface area contributed by atoms with Crippen molar-refractivity contribution in [2.24, 2.45) is 5.92 Å². The first-order valence-electron chi connectivity index (χ1n) is 8.71. The minimum Gasteiger partial charge on any atom is -0.385 e. The number of alkyl halides is 3. The molecule has 27 heavy (non-hydrogen) atoms. The van der Waals surface area contributed by atoms with E-state index in [2.05, 4.69) is 10.0 Å². The van der Waals surface area contributed by atoms with E-state index in [1.165, 1.54) is 0 Å². The third-order valence-corrected chi connectivity index (χ3v) is 6.62. The van der Waals surface area contributed by atoms with E-state index in [4.69, 9.17) is 0 Å². The summed E-state index contributed by atoms with van der Waals surface area (Å²) in [6.07, 6.45) is -2.43. The van der Waals surface area contributed by atoms with Gasteiger partial charge in [-0.15, -0.1) is 0 Å². The monoisotopic (exact) mass is 414 g/mol. The molecule has 0 bridgehead atoms. The number of anilines is 1. The van der Waals surface area contributed by atoms with Gasteiger partial charge in [0.25, 0.3) is 0 Å². The van der Waals surface area contributed by atoms with Crippen LogP contribution in [0, 0.1) is 17.6 Å². The number of sulfonamides is 1. The maximum Gasteiger partial charge on any atom is 0.422 e. The third-order valence-electron chi connectivity index (χ3n) is 4.72. The largest absolute Gasteiger partial charge is 0.422 e. The predicted octanol–water partition coefficient (Wildman–Crippen LogP) is 4.28. The van der Waals surface area contributed by atoms with Crippen LogP contribution in [0.3, 0.4) is 0 Å². The Kier molecular flexibility index (Phi) is 6.72. The van der Waals surface area contributed by atoms with Gasteiger partial charge < -0.3 is 5.32 Å². The normalized spacial score (nSPS) is 21.5. The Morgan fingerprint density at radius 2 is 1.59 bits per heavy atom. The van der Waals surface area contributed by atoms with Crippen LogP contribution in [0.5, 0.6) is 0 Å². The van der Waals surface area contributed by atoms with Crippen LogP contribution in [-0.2, 0) is 16.2 Å². The second-order valence-electron chi connectivity index (χ2n) is 7.12. The molecule has 0 aromatic heterocycles. The quantitative estimate of drug-likeness (QED) is 0.683. The van der Waals surface area contributed by atoms with Crippen molar-refractivity contribution in [1.82, 2.24) is 4.72 Å². The zero-order valence-electron chi connectivity index (χ0n) is 15.0. The number of hydrogen-bond acceptors (Lipinski definition) is 3. The van der Waals surface area contributed by atoms with Gasteiger partial charge in [0.05, 0.1) is 5.25 Å². The molecule has 10 heteroatoms. The fourth-order valence-electron chi connectivity index (χ4n) is 3.06. The lowest BCUT2D eigenvalue weighted by molar-refractivity contribution is -0.142. The summed E-state index contributed by atoms with van der Waals surface area (Å²) >= 11 is 0. The summed E-state index contributed by atoms with van der Waals surface area (Å²) in [5, 5.41) is 2.26. The second kappa shape index (κ2) is 8.30. The molecule has 0 spiro atoms. The second-order valence-corrected chi connectivity index (χ2v) is 9.39. The van der Waals surface area contributed by atoms with Gasteiger partial charge in [-0.3, -0.25) is 0 Å². The summed E-state index contributed by atoms with van der Waals surface area (Å²) in [6, 6.07) is 1.12. The Bertz CT molecular complexity index is 734. The first-order valence-corrected chi connectivity index (χ1v) is 10.3. The maximum atomic E-state index is 13.6. The zero-order chi connectivity index (χ0) is 20.4. The van der Waals surface area contributed by atoms with E-state index < -0.39 is 38.6 Å². The van der Waals surface area contributed by atoms with Crippen molar-refractivity contribution in [3.8, 4) is 0 Å². The highest BCUT2D eigenvalue weighted by molar-refractivity contribution is 7.90. The fraction of sp³-hybridized carbons (Fsp3) is 0.647. The van der Waals surface area contributed by atoms with Crippen molar-refractivity contribution in [2.45, 2.75) is 57.0 Å². The Morgan fingerprint density at radius 1 is 1.07 bits per heavy atom. The van der Waals surface area contributed by atoms with Crippen LogP contribution in [0.15, 0.2) is 12.1 Å². The van der Waals surface area contributed by atoms with Gasteiger partial charge in [0, 0.05) is 18.3 Å². The predicted molar refractivity (Wildman–Crippen MR) is 92.8 cm³/mol. The first-order chi connectivity index (χ1) is 12.4. The molecule has 0 aliphatic heterocycles. The van der Waals surface area contributed by atoms with Crippen molar-refractivity contribution in [2.75, 3.05) is 11.9 Å². The molecular weight excluding hydrogens is 391 g/mol. The van der Waals surface area contributed by atoms with E-state index in [1.807, 2.05) is 0 Å². The summed E-state index contributed by atoms with van der Waals surface area (Å²) in [4.78, 5) is 0. The molecule has 1 aliphatic carbocycles. The van der Waals surface area contributed by atoms with Gasteiger partial charge in [-0.2, -0.15) is 13.2 Å². The molecule has 1 fully saturated rings. The van der Waals surface area contributed by atoms with Crippen LogP contribution < -0.4 is 10.0 Å². The molecule has 4 nitrogen and oxygen atoms in total. The minimum absolute atomic E-state index is 0.0550. The molecule has 0 saturated heterocycles. The van der Waals surface area contributed by atoms with E-state index in [0.717, 1.165) is 0 Å².